The topological polar surface area (TPSA) is 101 Å². The molecule has 4 rings (SSSR count). The molecule has 0 spiro atoms. The molecule has 1 aromatic heterocycles. The number of halogens is 4. The first-order valence-corrected chi connectivity index (χ1v) is 15.0. The number of aromatic nitrogens is 3. The lowest BCUT2D eigenvalue weighted by Crippen LogP contribution is -2.25. The predicted molar refractivity (Wildman–Crippen MR) is 162 cm³/mol. The van der Waals surface area contributed by atoms with E-state index in [1.807, 2.05) is 12.1 Å². The van der Waals surface area contributed by atoms with E-state index in [2.05, 4.69) is 51.7 Å². The van der Waals surface area contributed by atoms with E-state index in [-0.39, 0.29) is 17.8 Å². The number of alkyl halides is 3. The van der Waals surface area contributed by atoms with Gasteiger partial charge in [0, 0.05) is 22.8 Å². The van der Waals surface area contributed by atoms with E-state index in [1.165, 1.54) is 6.42 Å². The van der Waals surface area contributed by atoms with Crippen molar-refractivity contribution in [3.8, 4) is 6.01 Å². The standard InChI is InChI=1S/C31H38ClF3N6O2/c1-4-6-21(20(2)3)7-5-18-36-26(42)22-8-14-25(15-9-22)37-27-38-28(40-29(39-27)43-19-31(33,34)35)41-30(16-17-30)23-10-12-24(32)13-11-23/h8-15,20-21H,4-7,16-19H2,1-3H3,(H,36,42)(H2,37,38,39,40,41). The Bertz CT molecular complexity index is 1350. The molecule has 0 aliphatic heterocycles. The summed E-state index contributed by atoms with van der Waals surface area (Å²) in [5.74, 6) is 1.17. The molecule has 0 radical (unpaired) electrons. The molecule has 12 heteroatoms. The fourth-order valence-corrected chi connectivity index (χ4v) is 5.08. The van der Waals surface area contributed by atoms with Gasteiger partial charge in [-0.1, -0.05) is 57.3 Å². The molecule has 1 heterocycles. The second kappa shape index (κ2) is 14.2. The molecule has 8 nitrogen and oxygen atoms in total. The van der Waals surface area contributed by atoms with Crippen LogP contribution in [0, 0.1) is 11.8 Å². The van der Waals surface area contributed by atoms with Crippen LogP contribution in [0.25, 0.3) is 0 Å². The van der Waals surface area contributed by atoms with E-state index in [4.69, 9.17) is 16.3 Å². The number of nitrogens with one attached hydrogen (secondary N) is 3. The van der Waals surface area contributed by atoms with Gasteiger partial charge in [0.2, 0.25) is 11.9 Å². The van der Waals surface area contributed by atoms with Crippen LogP contribution >= 0.6 is 11.6 Å². The zero-order valence-corrected chi connectivity index (χ0v) is 25.4. The van der Waals surface area contributed by atoms with Gasteiger partial charge >= 0.3 is 12.2 Å². The Kier molecular flexibility index (Phi) is 10.7. The fourth-order valence-electron chi connectivity index (χ4n) is 4.96. The maximum Gasteiger partial charge on any atom is 0.422 e. The molecule has 1 saturated carbocycles. The van der Waals surface area contributed by atoms with Gasteiger partial charge in [0.15, 0.2) is 6.61 Å². The lowest BCUT2D eigenvalue weighted by Gasteiger charge is -2.20. The number of nitrogens with zero attached hydrogens (tertiary/aromatic N) is 3. The van der Waals surface area contributed by atoms with Gasteiger partial charge in [0.1, 0.15) is 0 Å². The van der Waals surface area contributed by atoms with Gasteiger partial charge in [0.25, 0.3) is 5.91 Å². The van der Waals surface area contributed by atoms with Crippen molar-refractivity contribution in [3.63, 3.8) is 0 Å². The van der Waals surface area contributed by atoms with Crippen molar-refractivity contribution in [2.45, 2.75) is 71.0 Å². The van der Waals surface area contributed by atoms with Gasteiger partial charge in [-0.05, 0) is 79.5 Å². The van der Waals surface area contributed by atoms with Gasteiger partial charge in [-0.3, -0.25) is 4.79 Å². The molecule has 232 valence electrons. The van der Waals surface area contributed by atoms with E-state index in [9.17, 15) is 18.0 Å². The zero-order valence-electron chi connectivity index (χ0n) is 24.6. The number of ether oxygens (including phenoxy) is 1. The van der Waals surface area contributed by atoms with Crippen molar-refractivity contribution in [1.29, 1.82) is 0 Å². The Morgan fingerprint density at radius 2 is 1.67 bits per heavy atom. The average molecular weight is 619 g/mol. The van der Waals surface area contributed by atoms with Crippen molar-refractivity contribution in [1.82, 2.24) is 20.3 Å². The molecule has 1 unspecified atom stereocenters. The summed E-state index contributed by atoms with van der Waals surface area (Å²) in [7, 11) is 0. The summed E-state index contributed by atoms with van der Waals surface area (Å²) in [6.45, 7) is 5.73. The van der Waals surface area contributed by atoms with Crippen molar-refractivity contribution in [2.24, 2.45) is 11.8 Å². The van der Waals surface area contributed by atoms with Gasteiger partial charge < -0.3 is 20.7 Å². The molecule has 43 heavy (non-hydrogen) atoms. The van der Waals surface area contributed by atoms with Crippen LogP contribution in [0.2, 0.25) is 5.02 Å². The third-order valence-corrected chi connectivity index (χ3v) is 7.77. The van der Waals surface area contributed by atoms with Crippen molar-refractivity contribution >= 4 is 35.1 Å². The first kappa shape index (κ1) is 32.3. The van der Waals surface area contributed by atoms with Crippen LogP contribution in [0.1, 0.15) is 75.2 Å². The van der Waals surface area contributed by atoms with Crippen LogP contribution in [-0.2, 0) is 5.54 Å². The Morgan fingerprint density at radius 1 is 1.00 bits per heavy atom. The summed E-state index contributed by atoms with van der Waals surface area (Å²) >= 11 is 6.02. The maximum absolute atomic E-state index is 12.9. The van der Waals surface area contributed by atoms with Crippen LogP contribution in [0.15, 0.2) is 48.5 Å². The monoisotopic (exact) mass is 618 g/mol. The van der Waals surface area contributed by atoms with Crippen molar-refractivity contribution in [3.05, 3.63) is 64.7 Å². The Morgan fingerprint density at radius 3 is 2.28 bits per heavy atom. The minimum atomic E-state index is -4.56. The van der Waals surface area contributed by atoms with Crippen LogP contribution < -0.4 is 20.7 Å². The second-order valence-corrected chi connectivity index (χ2v) is 11.7. The largest absolute Gasteiger partial charge is 0.454 e. The Hall–Kier alpha value is -3.60. The summed E-state index contributed by atoms with van der Waals surface area (Å²) in [5, 5.41) is 9.78. The van der Waals surface area contributed by atoms with Crippen LogP contribution in [-0.4, -0.2) is 40.2 Å². The molecular weight excluding hydrogens is 581 g/mol. The lowest BCUT2D eigenvalue weighted by atomic mass is 9.87. The molecule has 1 atom stereocenters. The molecular formula is C31H38ClF3N6O2. The van der Waals surface area contributed by atoms with E-state index in [1.54, 1.807) is 36.4 Å². The molecule has 1 fully saturated rings. The summed E-state index contributed by atoms with van der Waals surface area (Å²) in [5.41, 5.74) is 1.52. The number of anilines is 3. The number of carbonyl (C=O) groups excluding carboxylic acids is 1. The number of benzene rings is 2. The summed E-state index contributed by atoms with van der Waals surface area (Å²) in [6.07, 6.45) is 1.35. The van der Waals surface area contributed by atoms with Gasteiger partial charge in [-0.25, -0.2) is 0 Å². The van der Waals surface area contributed by atoms with E-state index in [0.29, 0.717) is 34.7 Å². The third-order valence-electron chi connectivity index (χ3n) is 7.52. The Labute approximate surface area is 255 Å². The molecule has 3 N–H and O–H groups in total. The molecule has 1 aliphatic carbocycles. The lowest BCUT2D eigenvalue weighted by molar-refractivity contribution is -0.154. The first-order chi connectivity index (χ1) is 20.5. The summed E-state index contributed by atoms with van der Waals surface area (Å²) in [4.78, 5) is 25.1. The van der Waals surface area contributed by atoms with Gasteiger partial charge in [0.05, 0.1) is 5.54 Å². The molecule has 2 aromatic carbocycles. The summed E-state index contributed by atoms with van der Waals surface area (Å²) < 4.78 is 43.4. The molecule has 0 saturated heterocycles. The summed E-state index contributed by atoms with van der Waals surface area (Å²) in [6, 6.07) is 13.5. The second-order valence-electron chi connectivity index (χ2n) is 11.3. The number of hydrogen-bond acceptors (Lipinski definition) is 7. The molecule has 1 aliphatic rings. The number of hydrogen-bond donors (Lipinski definition) is 3. The maximum atomic E-state index is 12.9. The molecule has 1 amide bonds. The van der Waals surface area contributed by atoms with E-state index >= 15 is 0 Å². The number of rotatable bonds is 15. The van der Waals surface area contributed by atoms with Gasteiger partial charge in [-0.15, -0.1) is 0 Å². The SMILES string of the molecule is CCCC(CCCNC(=O)c1ccc(Nc2nc(NC3(c4ccc(Cl)cc4)CC3)nc(OCC(F)(F)F)n2)cc1)C(C)C. The highest BCUT2D eigenvalue weighted by atomic mass is 35.5. The molecule has 0 bridgehead atoms. The smallest absolute Gasteiger partial charge is 0.422 e. The van der Waals surface area contributed by atoms with Crippen LogP contribution in [0.5, 0.6) is 6.01 Å². The fraction of sp³-hybridized carbons (Fsp3) is 0.484. The highest BCUT2D eigenvalue weighted by molar-refractivity contribution is 6.30. The number of amides is 1. The van der Waals surface area contributed by atoms with Crippen molar-refractivity contribution < 1.29 is 22.7 Å². The third kappa shape index (κ3) is 9.71. The Balaban J connectivity index is 1.41. The highest BCUT2D eigenvalue weighted by Gasteiger charge is 2.45. The van der Waals surface area contributed by atoms with Crippen LogP contribution in [0.3, 0.4) is 0 Å². The highest BCUT2D eigenvalue weighted by Crippen LogP contribution is 2.48. The minimum absolute atomic E-state index is 0.00873. The van der Waals surface area contributed by atoms with E-state index in [0.717, 1.165) is 37.7 Å². The zero-order chi connectivity index (χ0) is 31.0. The van der Waals surface area contributed by atoms with Gasteiger partial charge in [-0.2, -0.15) is 28.1 Å². The quantitative estimate of drug-likeness (QED) is 0.149. The molecule has 3 aromatic rings. The first-order valence-electron chi connectivity index (χ1n) is 14.6. The van der Waals surface area contributed by atoms with E-state index < -0.39 is 24.3 Å². The predicted octanol–water partition coefficient (Wildman–Crippen LogP) is 7.89. The minimum Gasteiger partial charge on any atom is -0.454 e. The van der Waals surface area contributed by atoms with Crippen molar-refractivity contribution in [2.75, 3.05) is 23.8 Å². The van der Waals surface area contributed by atoms with Crippen LogP contribution in [0.4, 0.5) is 30.8 Å². The number of carbonyl (C=O) groups is 1. The average Bonchev–Trinajstić information content (AvgIpc) is 3.74. The normalized spacial score (nSPS) is 14.7.